The number of halogens is 1. The molecule has 5 rings (SSSR count). The van der Waals surface area contributed by atoms with Crippen LogP contribution in [0, 0.1) is 0 Å². The fourth-order valence-corrected chi connectivity index (χ4v) is 2.11. The summed E-state index contributed by atoms with van der Waals surface area (Å²) in [4.78, 5) is 80.5. The van der Waals surface area contributed by atoms with Crippen molar-refractivity contribution in [2.24, 2.45) is 0 Å². The van der Waals surface area contributed by atoms with E-state index in [2.05, 4.69) is 44.9 Å². The van der Waals surface area contributed by atoms with Gasteiger partial charge in [0.05, 0.1) is 12.7 Å². The van der Waals surface area contributed by atoms with Gasteiger partial charge in [0.15, 0.2) is 16.8 Å². The molecule has 162 valence electrons. The predicted molar refractivity (Wildman–Crippen MR) is 111 cm³/mol. The second kappa shape index (κ2) is 9.65. The molecule has 5 aromatic rings. The number of rotatable bonds is 0. The minimum Gasteiger partial charge on any atom is -0.369 e. The van der Waals surface area contributed by atoms with Crippen LogP contribution in [0.3, 0.4) is 0 Å². The molecule has 9 N–H and O–H groups in total. The van der Waals surface area contributed by atoms with Crippen LogP contribution in [0.2, 0.25) is 0 Å². The third kappa shape index (κ3) is 5.64. The summed E-state index contributed by atoms with van der Waals surface area (Å²) in [5.74, 6) is 0.0783. The van der Waals surface area contributed by atoms with Crippen molar-refractivity contribution in [3.63, 3.8) is 0 Å². The molecule has 0 aliphatic carbocycles. The fraction of sp³-hybridized carbons (Fsp3) is 0. The number of nitrogen functional groups attached to an aromatic ring is 1. The van der Waals surface area contributed by atoms with Crippen LogP contribution in [-0.4, -0.2) is 49.8 Å². The molecular weight excluding hydrogens is 438 g/mol. The highest BCUT2D eigenvalue weighted by Crippen LogP contribution is 1.98. The quantitative estimate of drug-likeness (QED) is 0.125. The van der Waals surface area contributed by atoms with E-state index in [0.717, 1.165) is 0 Å². The largest absolute Gasteiger partial charge is 0.369 e. The molecule has 0 saturated heterocycles. The summed E-state index contributed by atoms with van der Waals surface area (Å²) in [6, 6.07) is 1.24. The number of aromatic nitrogens is 10. The molecule has 0 aliphatic heterocycles. The lowest BCUT2D eigenvalue weighted by molar-refractivity contribution is 1.04. The molecule has 0 fully saturated rings. The van der Waals surface area contributed by atoms with Gasteiger partial charge in [-0.05, 0) is 0 Å². The number of nitrogens with zero attached hydrogens (tertiary/aromatic N) is 3. The summed E-state index contributed by atoms with van der Waals surface area (Å²) >= 11 is 0. The third-order valence-corrected chi connectivity index (χ3v) is 3.33. The third-order valence-electron chi connectivity index (χ3n) is 3.33. The van der Waals surface area contributed by atoms with Crippen LogP contribution in [0.15, 0.2) is 48.9 Å². The maximum absolute atomic E-state index is 11.0. The number of anilines is 1. The lowest BCUT2D eigenvalue weighted by atomic mass is 10.5. The Hall–Kier alpha value is -4.73. The number of imidazole rings is 2. The van der Waals surface area contributed by atoms with E-state index in [4.69, 9.17) is 5.73 Å². The highest BCUT2D eigenvalue weighted by atomic mass is 35.5. The smallest absolute Gasteiger partial charge is 0.327 e. The first-order chi connectivity index (χ1) is 14.3. The lowest BCUT2D eigenvalue weighted by Gasteiger charge is -1.89. The van der Waals surface area contributed by atoms with Gasteiger partial charge in [-0.15, -0.1) is 12.4 Å². The maximum atomic E-state index is 11.0. The Bertz CT molecular complexity index is 1560. The van der Waals surface area contributed by atoms with E-state index in [1.165, 1.54) is 24.9 Å². The first-order valence-electron chi connectivity index (χ1n) is 7.96. The highest BCUT2D eigenvalue weighted by molar-refractivity contribution is 5.85. The summed E-state index contributed by atoms with van der Waals surface area (Å²) < 4.78 is 0. The van der Waals surface area contributed by atoms with Crippen molar-refractivity contribution in [3.05, 3.63) is 76.9 Å². The van der Waals surface area contributed by atoms with Crippen molar-refractivity contribution in [3.8, 4) is 0 Å². The molecule has 0 unspecified atom stereocenters. The van der Waals surface area contributed by atoms with Crippen LogP contribution >= 0.6 is 12.4 Å². The van der Waals surface area contributed by atoms with Crippen molar-refractivity contribution < 1.29 is 0 Å². The van der Waals surface area contributed by atoms with Crippen LogP contribution in [0.1, 0.15) is 0 Å². The van der Waals surface area contributed by atoms with Gasteiger partial charge < -0.3 is 20.7 Å². The van der Waals surface area contributed by atoms with E-state index >= 15 is 0 Å². The Morgan fingerprint density at radius 2 is 1.42 bits per heavy atom. The van der Waals surface area contributed by atoms with Crippen molar-refractivity contribution in [2.75, 3.05) is 5.73 Å². The Labute approximate surface area is 173 Å². The van der Waals surface area contributed by atoms with Crippen LogP contribution in [0.4, 0.5) is 5.95 Å². The van der Waals surface area contributed by atoms with Gasteiger partial charge in [0, 0.05) is 12.3 Å². The Morgan fingerprint density at radius 3 is 2.10 bits per heavy atom. The zero-order valence-corrected chi connectivity index (χ0v) is 16.0. The summed E-state index contributed by atoms with van der Waals surface area (Å²) in [5.41, 5.74) is 4.35. The second-order valence-corrected chi connectivity index (χ2v) is 5.38. The van der Waals surface area contributed by atoms with E-state index in [-0.39, 0.29) is 40.6 Å². The highest BCUT2D eigenvalue weighted by Gasteiger charge is 2.02. The summed E-state index contributed by atoms with van der Waals surface area (Å²) in [7, 11) is 0. The monoisotopic (exact) mass is 451 g/mol. The van der Waals surface area contributed by atoms with Crippen LogP contribution in [0.5, 0.6) is 0 Å². The number of hydrogen-bond donors (Lipinski definition) is 8. The van der Waals surface area contributed by atoms with E-state index in [9.17, 15) is 24.0 Å². The minimum atomic E-state index is -0.547. The minimum absolute atomic E-state index is 0. The van der Waals surface area contributed by atoms with Crippen LogP contribution in [0.25, 0.3) is 22.3 Å². The molecular formula is C14H14ClN11O5. The van der Waals surface area contributed by atoms with E-state index < -0.39 is 16.9 Å². The number of hydrogen-bond acceptors (Lipinski definition) is 9. The second-order valence-electron chi connectivity index (χ2n) is 5.38. The number of aromatic amines is 7. The molecule has 0 aromatic carbocycles. The molecule has 16 nitrogen and oxygen atoms in total. The SMILES string of the molecule is Cl.Nc1nc2nc[nH]c2c(=O)[nH]1.O=c1[nH]c(=O)c2[nH]cnc2[nH]1.O=c1cc[nH]c(=O)[nH]1. The van der Waals surface area contributed by atoms with Gasteiger partial charge in [-0.1, -0.05) is 0 Å². The van der Waals surface area contributed by atoms with Crippen molar-refractivity contribution in [2.45, 2.75) is 0 Å². The van der Waals surface area contributed by atoms with Gasteiger partial charge in [-0.2, -0.15) is 4.98 Å². The number of nitrogens with two attached hydrogens (primary N) is 1. The van der Waals surface area contributed by atoms with E-state index in [1.54, 1.807) is 0 Å². The molecule has 0 saturated carbocycles. The molecule has 5 heterocycles. The zero-order valence-electron chi connectivity index (χ0n) is 15.2. The predicted octanol–water partition coefficient (Wildman–Crippen LogP) is -2.35. The molecule has 0 radical (unpaired) electrons. The fourth-order valence-electron chi connectivity index (χ4n) is 2.11. The lowest BCUT2D eigenvalue weighted by Crippen LogP contribution is -2.21. The number of nitrogens with one attached hydrogen (secondary N) is 7. The first-order valence-corrected chi connectivity index (χ1v) is 7.96. The molecule has 0 bridgehead atoms. The summed E-state index contributed by atoms with van der Waals surface area (Å²) in [6.07, 6.45) is 4.03. The van der Waals surface area contributed by atoms with Crippen molar-refractivity contribution in [1.29, 1.82) is 0 Å². The van der Waals surface area contributed by atoms with Gasteiger partial charge in [0.1, 0.15) is 5.52 Å². The van der Waals surface area contributed by atoms with Gasteiger partial charge in [0.2, 0.25) is 5.95 Å². The molecule has 0 amide bonds. The van der Waals surface area contributed by atoms with Gasteiger partial charge in [-0.25, -0.2) is 19.6 Å². The average molecular weight is 452 g/mol. The molecule has 0 spiro atoms. The summed E-state index contributed by atoms with van der Waals surface area (Å²) in [6.45, 7) is 0. The molecule has 5 aromatic heterocycles. The van der Waals surface area contributed by atoms with Crippen LogP contribution < -0.4 is 33.8 Å². The van der Waals surface area contributed by atoms with Gasteiger partial charge >= 0.3 is 11.4 Å². The van der Waals surface area contributed by atoms with Gasteiger partial charge in [-0.3, -0.25) is 34.3 Å². The first kappa shape index (κ1) is 22.6. The Morgan fingerprint density at radius 1 is 0.742 bits per heavy atom. The van der Waals surface area contributed by atoms with Crippen molar-refractivity contribution in [1.82, 2.24) is 49.8 Å². The van der Waals surface area contributed by atoms with Crippen LogP contribution in [-0.2, 0) is 0 Å². The number of fused-ring (bicyclic) bond motifs is 2. The molecule has 0 aliphatic rings. The zero-order chi connectivity index (χ0) is 21.7. The molecule has 31 heavy (non-hydrogen) atoms. The Balaban J connectivity index is 0.000000165. The molecule has 17 heteroatoms. The Kier molecular flexibility index (Phi) is 7.02. The standard InChI is InChI=1S/C5H5N5O.C5H4N4O2.C4H4N2O2.ClH/c6-5-9-3-2(4(11)10-5)7-1-8-3;10-4-2-3(7-1-6-2)8-5(11)9-4;7-3-1-2-5-4(8)6-3;/h1H,(H4,6,7,8,9,10,11);1H,(H3,6,7,8,9,10,11);1-2H,(H2,5,6,7,8);1H. The van der Waals surface area contributed by atoms with Gasteiger partial charge in [0.25, 0.3) is 16.7 Å². The maximum Gasteiger partial charge on any atom is 0.327 e. The normalized spacial score (nSPS) is 9.81. The summed E-state index contributed by atoms with van der Waals surface area (Å²) in [5, 5.41) is 0. The topological polar surface area (TPSA) is 261 Å². The van der Waals surface area contributed by atoms with Crippen molar-refractivity contribution >= 4 is 40.7 Å². The van der Waals surface area contributed by atoms with E-state index in [1.807, 2.05) is 4.98 Å². The van der Waals surface area contributed by atoms with E-state index in [0.29, 0.717) is 11.2 Å². The average Bonchev–Trinajstić information content (AvgIpc) is 3.32. The molecule has 0 atom stereocenters. The number of H-pyrrole nitrogens is 7.